The van der Waals surface area contributed by atoms with Gasteiger partial charge in [-0.15, -0.1) is 11.8 Å². The Morgan fingerprint density at radius 2 is 1.91 bits per heavy atom. The van der Waals surface area contributed by atoms with Crippen molar-refractivity contribution in [2.75, 3.05) is 13.2 Å². The monoisotopic (exact) mass is 479 g/mol. The van der Waals surface area contributed by atoms with Gasteiger partial charge in [0.1, 0.15) is 6.04 Å². The summed E-state index contributed by atoms with van der Waals surface area (Å²) in [6.45, 7) is 6.59. The zero-order valence-corrected chi connectivity index (χ0v) is 21.2. The molecule has 3 N–H and O–H groups in total. The molecule has 3 heterocycles. The highest BCUT2D eigenvalue weighted by atomic mass is 32.2. The largest absolute Gasteiger partial charge is 0.394 e. The molecule has 8 heteroatoms. The lowest BCUT2D eigenvalue weighted by atomic mass is 9.70. The summed E-state index contributed by atoms with van der Waals surface area (Å²) in [5.74, 6) is -0.834. The molecule has 0 aromatic heterocycles. The van der Waals surface area contributed by atoms with E-state index < -0.39 is 28.7 Å². The number of likely N-dealkylation sites (tertiary alicyclic amines) is 1. The van der Waals surface area contributed by atoms with Crippen molar-refractivity contribution in [2.45, 2.75) is 107 Å². The van der Waals surface area contributed by atoms with Crippen LogP contribution >= 0.6 is 11.8 Å². The van der Waals surface area contributed by atoms with Crippen LogP contribution in [0, 0.1) is 17.8 Å². The average Bonchev–Trinajstić information content (AvgIpc) is 3.43. The summed E-state index contributed by atoms with van der Waals surface area (Å²) in [5.41, 5.74) is 0. The molecule has 4 fully saturated rings. The molecular formula is C25H41N3O4S. The Labute approximate surface area is 202 Å². The number of fused-ring (bicyclic) bond motifs is 1. The maximum atomic E-state index is 14.0. The second-order valence-corrected chi connectivity index (χ2v) is 12.5. The SMILES string of the molecule is CCCNC(=O)[C@@H]1[C@H]2C(=O)N([C@@H](CO)CC(C)C)C(C(=O)NC3CCCCC3)C23CC[C@H]1S3. The van der Waals surface area contributed by atoms with Crippen LogP contribution in [0.25, 0.3) is 0 Å². The molecule has 1 saturated carbocycles. The normalized spacial score (nSPS) is 34.6. The third-order valence-electron chi connectivity index (χ3n) is 8.14. The summed E-state index contributed by atoms with van der Waals surface area (Å²) in [4.78, 5) is 42.7. The minimum atomic E-state index is -0.619. The molecule has 2 bridgehead atoms. The van der Waals surface area contributed by atoms with Crippen LogP contribution in [0.5, 0.6) is 0 Å². The lowest BCUT2D eigenvalue weighted by molar-refractivity contribution is -0.143. The van der Waals surface area contributed by atoms with Crippen molar-refractivity contribution in [3.63, 3.8) is 0 Å². The van der Waals surface area contributed by atoms with Crippen LogP contribution in [0.1, 0.15) is 78.6 Å². The van der Waals surface area contributed by atoms with E-state index in [0.717, 1.165) is 44.9 Å². The lowest BCUT2D eigenvalue weighted by Gasteiger charge is -2.38. The van der Waals surface area contributed by atoms with E-state index in [2.05, 4.69) is 24.5 Å². The first-order valence-corrected chi connectivity index (χ1v) is 13.9. The molecule has 1 spiro atoms. The molecule has 6 atom stereocenters. The lowest BCUT2D eigenvalue weighted by Crippen LogP contribution is -2.58. The second-order valence-electron chi connectivity index (χ2n) is 10.9. The molecule has 0 aromatic rings. The van der Waals surface area contributed by atoms with Crippen LogP contribution in [0.3, 0.4) is 0 Å². The Balaban J connectivity index is 1.67. The molecule has 2 unspecified atom stereocenters. The molecule has 3 aliphatic heterocycles. The fourth-order valence-electron chi connectivity index (χ4n) is 6.80. The molecule has 4 aliphatic rings. The van der Waals surface area contributed by atoms with Gasteiger partial charge in [0.05, 0.1) is 29.2 Å². The summed E-state index contributed by atoms with van der Waals surface area (Å²) >= 11 is 1.71. The van der Waals surface area contributed by atoms with Gasteiger partial charge in [0.15, 0.2) is 0 Å². The highest BCUT2D eigenvalue weighted by Crippen LogP contribution is 2.66. The third-order valence-corrected chi connectivity index (χ3v) is 10.1. The highest BCUT2D eigenvalue weighted by Gasteiger charge is 2.74. The van der Waals surface area contributed by atoms with E-state index in [0.29, 0.717) is 13.0 Å². The van der Waals surface area contributed by atoms with Crippen molar-refractivity contribution in [3.8, 4) is 0 Å². The maximum absolute atomic E-state index is 14.0. The number of aliphatic hydroxyl groups excluding tert-OH is 1. The Morgan fingerprint density at radius 1 is 1.18 bits per heavy atom. The highest BCUT2D eigenvalue weighted by molar-refractivity contribution is 8.02. The molecule has 7 nitrogen and oxygen atoms in total. The van der Waals surface area contributed by atoms with Crippen LogP contribution in [0.4, 0.5) is 0 Å². The first-order chi connectivity index (χ1) is 15.8. The zero-order chi connectivity index (χ0) is 23.8. The quantitative estimate of drug-likeness (QED) is 0.472. The molecule has 186 valence electrons. The van der Waals surface area contributed by atoms with Crippen molar-refractivity contribution in [1.29, 1.82) is 0 Å². The van der Waals surface area contributed by atoms with Gasteiger partial charge < -0.3 is 20.6 Å². The zero-order valence-electron chi connectivity index (χ0n) is 20.3. The topological polar surface area (TPSA) is 98.7 Å². The minimum Gasteiger partial charge on any atom is -0.394 e. The van der Waals surface area contributed by atoms with Crippen LogP contribution in [-0.4, -0.2) is 69.0 Å². The summed E-state index contributed by atoms with van der Waals surface area (Å²) in [7, 11) is 0. The van der Waals surface area contributed by atoms with E-state index >= 15 is 0 Å². The van der Waals surface area contributed by atoms with Gasteiger partial charge in [-0.3, -0.25) is 14.4 Å². The summed E-state index contributed by atoms with van der Waals surface area (Å²) in [6.07, 6.45) is 8.53. The van der Waals surface area contributed by atoms with E-state index in [1.54, 1.807) is 16.7 Å². The summed E-state index contributed by atoms with van der Waals surface area (Å²) < 4.78 is -0.570. The number of hydrogen-bond donors (Lipinski definition) is 3. The van der Waals surface area contributed by atoms with Crippen LogP contribution in [0.2, 0.25) is 0 Å². The predicted molar refractivity (Wildman–Crippen MR) is 130 cm³/mol. The molecular weight excluding hydrogens is 438 g/mol. The van der Waals surface area contributed by atoms with E-state index in [1.807, 2.05) is 6.92 Å². The Bertz CT molecular complexity index is 756. The average molecular weight is 480 g/mol. The van der Waals surface area contributed by atoms with Crippen molar-refractivity contribution in [1.82, 2.24) is 15.5 Å². The number of aliphatic hydroxyl groups is 1. The maximum Gasteiger partial charge on any atom is 0.244 e. The number of hydrogen-bond acceptors (Lipinski definition) is 5. The molecule has 33 heavy (non-hydrogen) atoms. The van der Waals surface area contributed by atoms with Crippen LogP contribution in [0.15, 0.2) is 0 Å². The Hall–Kier alpha value is -1.28. The van der Waals surface area contributed by atoms with Gasteiger partial charge >= 0.3 is 0 Å². The molecule has 4 rings (SSSR count). The first kappa shape index (κ1) is 24.8. The van der Waals surface area contributed by atoms with Crippen molar-refractivity contribution >= 4 is 29.5 Å². The van der Waals surface area contributed by atoms with Crippen molar-refractivity contribution in [2.24, 2.45) is 17.8 Å². The molecule has 3 saturated heterocycles. The standard InChI is InChI=1S/C25H41N3O4S/c1-4-12-26-22(30)19-18-10-11-25(33-18)20(19)24(32)28(17(14-29)13-15(2)3)21(25)23(31)27-16-8-6-5-7-9-16/h15-21,29H,4-14H2,1-3H3,(H,26,30)(H,27,31)/t17-,18-,19+,20+,21?,25?/m1/s1. The second kappa shape index (κ2) is 10.1. The van der Waals surface area contributed by atoms with Crippen molar-refractivity contribution in [3.05, 3.63) is 0 Å². The predicted octanol–water partition coefficient (Wildman–Crippen LogP) is 2.46. The van der Waals surface area contributed by atoms with Crippen LogP contribution in [-0.2, 0) is 14.4 Å². The number of nitrogens with zero attached hydrogens (tertiary/aromatic N) is 1. The smallest absolute Gasteiger partial charge is 0.244 e. The fourth-order valence-corrected chi connectivity index (χ4v) is 9.00. The van der Waals surface area contributed by atoms with E-state index in [1.165, 1.54) is 6.42 Å². The third kappa shape index (κ3) is 4.42. The number of rotatable bonds is 9. The van der Waals surface area contributed by atoms with E-state index in [9.17, 15) is 19.5 Å². The number of carbonyl (C=O) groups excluding carboxylic acids is 3. The Kier molecular flexibility index (Phi) is 7.63. The van der Waals surface area contributed by atoms with Gasteiger partial charge in [-0.25, -0.2) is 0 Å². The van der Waals surface area contributed by atoms with Gasteiger partial charge in [-0.1, -0.05) is 40.0 Å². The van der Waals surface area contributed by atoms with E-state index in [-0.39, 0.29) is 41.5 Å². The first-order valence-electron chi connectivity index (χ1n) is 13.0. The van der Waals surface area contributed by atoms with Gasteiger partial charge in [-0.2, -0.15) is 0 Å². The Morgan fingerprint density at radius 3 is 2.55 bits per heavy atom. The molecule has 1 aliphatic carbocycles. The van der Waals surface area contributed by atoms with Gasteiger partial charge in [0, 0.05) is 17.8 Å². The number of nitrogens with one attached hydrogen (secondary N) is 2. The number of amides is 3. The minimum absolute atomic E-state index is 0.0491. The molecule has 3 amide bonds. The van der Waals surface area contributed by atoms with Gasteiger partial charge in [0.25, 0.3) is 0 Å². The molecule has 0 radical (unpaired) electrons. The van der Waals surface area contributed by atoms with Crippen molar-refractivity contribution < 1.29 is 19.5 Å². The fraction of sp³-hybridized carbons (Fsp3) is 0.880. The number of thioether (sulfide) groups is 1. The summed E-state index contributed by atoms with van der Waals surface area (Å²) in [6, 6.07) is -0.867. The van der Waals surface area contributed by atoms with E-state index in [4.69, 9.17) is 0 Å². The van der Waals surface area contributed by atoms with Gasteiger partial charge in [0.2, 0.25) is 17.7 Å². The van der Waals surface area contributed by atoms with Crippen LogP contribution < -0.4 is 10.6 Å². The summed E-state index contributed by atoms with van der Waals surface area (Å²) in [5, 5.41) is 16.7. The van der Waals surface area contributed by atoms with Gasteiger partial charge in [-0.05, 0) is 44.4 Å². The number of carbonyl (C=O) groups is 3. The molecule has 0 aromatic carbocycles.